The van der Waals surface area contributed by atoms with Crippen molar-refractivity contribution in [3.05, 3.63) is 47.6 Å². The minimum Gasteiger partial charge on any atom is -0.391 e. The average molecular weight is 482 g/mol. The van der Waals surface area contributed by atoms with Crippen LogP contribution in [0.4, 0.5) is 4.39 Å². The monoisotopic (exact) mass is 481 g/mol. The number of aliphatic hydroxyl groups is 1. The van der Waals surface area contributed by atoms with Gasteiger partial charge in [0, 0.05) is 28.4 Å². The lowest BCUT2D eigenvalue weighted by Gasteiger charge is -2.21. The zero-order chi connectivity index (χ0) is 23.0. The maximum atomic E-state index is 13.8. The van der Waals surface area contributed by atoms with Crippen LogP contribution in [-0.2, 0) is 21.0 Å². The fourth-order valence-corrected chi connectivity index (χ4v) is 4.18. The summed E-state index contributed by atoms with van der Waals surface area (Å²) in [5.41, 5.74) is 2.54. The highest BCUT2D eigenvalue weighted by Gasteiger charge is 2.22. The first-order valence-electron chi connectivity index (χ1n) is 9.79. The summed E-state index contributed by atoms with van der Waals surface area (Å²) in [4.78, 5) is 11.9. The maximum absolute atomic E-state index is 13.8. The average Bonchev–Trinajstić information content (AvgIpc) is 3.32. The van der Waals surface area contributed by atoms with E-state index in [2.05, 4.69) is 19.1 Å². The molecule has 0 bridgehead atoms. The van der Waals surface area contributed by atoms with Gasteiger partial charge in [-0.05, 0) is 30.7 Å². The van der Waals surface area contributed by atoms with Gasteiger partial charge in [-0.2, -0.15) is 8.42 Å². The van der Waals surface area contributed by atoms with Gasteiger partial charge in [0.05, 0.1) is 35.7 Å². The smallest absolute Gasteiger partial charge is 0.333 e. The normalized spacial score (nSPS) is 14.3. The lowest BCUT2D eigenvalue weighted by atomic mass is 10.0. The minimum atomic E-state index is -4.09. The summed E-state index contributed by atoms with van der Waals surface area (Å²) in [6.07, 6.45) is 2.76. The van der Waals surface area contributed by atoms with Crippen LogP contribution in [-0.4, -0.2) is 45.8 Å². The van der Waals surface area contributed by atoms with Crippen molar-refractivity contribution in [2.24, 2.45) is 11.1 Å². The van der Waals surface area contributed by atoms with Crippen LogP contribution in [0.1, 0.15) is 13.3 Å². The number of rotatable bonds is 8. The van der Waals surface area contributed by atoms with Crippen LogP contribution in [0, 0.1) is 11.7 Å². The van der Waals surface area contributed by atoms with Gasteiger partial charge >= 0.3 is 10.3 Å². The first-order valence-corrected chi connectivity index (χ1v) is 11.6. The number of H-pyrrole nitrogens is 1. The molecule has 0 amide bonds. The molecule has 0 radical (unpaired) electrons. The molecule has 4 rings (SSSR count). The van der Waals surface area contributed by atoms with E-state index in [1.165, 1.54) is 18.5 Å². The fourth-order valence-electron chi connectivity index (χ4n) is 3.65. The molecule has 0 aliphatic rings. The minimum absolute atomic E-state index is 0.0239. The van der Waals surface area contributed by atoms with E-state index in [9.17, 15) is 17.9 Å². The van der Waals surface area contributed by atoms with Crippen molar-refractivity contribution in [2.75, 3.05) is 6.61 Å². The van der Waals surface area contributed by atoms with Gasteiger partial charge < -0.3 is 14.7 Å². The largest absolute Gasteiger partial charge is 0.391 e. The molecule has 0 spiro atoms. The molecule has 1 aromatic carbocycles. The summed E-state index contributed by atoms with van der Waals surface area (Å²) in [5.74, 6) is -0.949. The van der Waals surface area contributed by atoms with E-state index in [0.717, 1.165) is 5.39 Å². The van der Waals surface area contributed by atoms with Gasteiger partial charge in [-0.1, -0.05) is 18.5 Å². The van der Waals surface area contributed by atoms with Crippen LogP contribution >= 0.6 is 11.6 Å². The molecule has 0 aliphatic carbocycles. The number of fused-ring (bicyclic) bond motifs is 2. The van der Waals surface area contributed by atoms with Crippen LogP contribution < -0.4 is 5.14 Å². The highest BCUT2D eigenvalue weighted by atomic mass is 35.5. The molecule has 32 heavy (non-hydrogen) atoms. The van der Waals surface area contributed by atoms with E-state index >= 15 is 0 Å². The van der Waals surface area contributed by atoms with Crippen molar-refractivity contribution in [3.63, 3.8) is 0 Å². The van der Waals surface area contributed by atoms with Crippen LogP contribution in [0.3, 0.4) is 0 Å². The topological polar surface area (TPSA) is 136 Å². The first-order chi connectivity index (χ1) is 15.2. The van der Waals surface area contributed by atoms with E-state index in [1.54, 1.807) is 16.8 Å². The summed E-state index contributed by atoms with van der Waals surface area (Å²) in [6.45, 7) is 1.77. The molecule has 0 saturated carbocycles. The van der Waals surface area contributed by atoms with Gasteiger partial charge in [0.2, 0.25) is 0 Å². The molecule has 4 N–H and O–H groups in total. The number of aromatic nitrogens is 4. The molecule has 3 heterocycles. The fraction of sp³-hybridized carbons (Fsp3) is 0.300. The van der Waals surface area contributed by atoms with Gasteiger partial charge in [-0.25, -0.2) is 19.5 Å². The third kappa shape index (κ3) is 4.62. The number of nitrogens with two attached hydrogens (primary N) is 1. The standard InChI is InChI=1S/C20H21ClFN5O4S/c1-2-11(9-31-32(23,29)30)18(28)8-27-4-3-13-19(24-10-25-20(13)27)17-6-12-5-15(22)14(21)7-16(12)26-17/h3-7,10-11,18,26,28H,2,8-9H2,1H3,(H2,23,29,30)/t11-,18-/m0/s1. The molecule has 170 valence electrons. The molecule has 3 aromatic heterocycles. The SMILES string of the molecule is CC[C@@H](COS(N)(=O)=O)[C@@H](O)Cn1ccc2c(-c3cc4cc(F)c(Cl)cc4[nH]3)ncnc21. The first kappa shape index (κ1) is 22.6. The van der Waals surface area contributed by atoms with Crippen molar-refractivity contribution in [2.45, 2.75) is 26.0 Å². The van der Waals surface area contributed by atoms with Gasteiger partial charge in [-0.15, -0.1) is 0 Å². The number of halogens is 2. The van der Waals surface area contributed by atoms with Crippen molar-refractivity contribution in [3.8, 4) is 11.4 Å². The molecule has 0 unspecified atom stereocenters. The Hall–Kier alpha value is -2.57. The maximum Gasteiger partial charge on any atom is 0.333 e. The molecule has 0 fully saturated rings. The highest BCUT2D eigenvalue weighted by Crippen LogP contribution is 2.31. The van der Waals surface area contributed by atoms with Gasteiger partial charge in [0.1, 0.15) is 17.8 Å². The Balaban J connectivity index is 1.63. The molecule has 2 atom stereocenters. The lowest BCUT2D eigenvalue weighted by Crippen LogP contribution is -2.31. The van der Waals surface area contributed by atoms with E-state index in [1.807, 2.05) is 13.0 Å². The Labute approximate surface area is 188 Å². The molecular weight excluding hydrogens is 461 g/mol. The number of hydrogen-bond donors (Lipinski definition) is 3. The number of nitrogens with zero attached hydrogens (tertiary/aromatic N) is 3. The second-order valence-corrected chi connectivity index (χ2v) is 9.11. The number of nitrogens with one attached hydrogen (secondary N) is 1. The molecule has 0 aliphatic heterocycles. The predicted molar refractivity (Wildman–Crippen MR) is 119 cm³/mol. The third-order valence-electron chi connectivity index (χ3n) is 5.37. The zero-order valence-corrected chi connectivity index (χ0v) is 18.6. The van der Waals surface area contributed by atoms with Crippen molar-refractivity contribution in [1.29, 1.82) is 0 Å². The van der Waals surface area contributed by atoms with Crippen LogP contribution in [0.5, 0.6) is 0 Å². The summed E-state index contributed by atoms with van der Waals surface area (Å²) >= 11 is 5.88. The number of hydrogen-bond acceptors (Lipinski definition) is 6. The van der Waals surface area contributed by atoms with Crippen molar-refractivity contribution in [1.82, 2.24) is 19.5 Å². The number of benzene rings is 1. The highest BCUT2D eigenvalue weighted by molar-refractivity contribution is 7.84. The lowest BCUT2D eigenvalue weighted by molar-refractivity contribution is 0.0616. The van der Waals surface area contributed by atoms with Crippen LogP contribution in [0.25, 0.3) is 33.3 Å². The van der Waals surface area contributed by atoms with E-state index in [-0.39, 0.29) is 18.2 Å². The quantitative estimate of drug-likeness (QED) is 0.354. The second kappa shape index (κ2) is 8.75. The Bertz CT molecular complexity index is 1350. The third-order valence-corrected chi connectivity index (χ3v) is 6.13. The zero-order valence-electron chi connectivity index (χ0n) is 17.0. The number of aromatic amines is 1. The van der Waals surface area contributed by atoms with Gasteiger partial charge in [-0.3, -0.25) is 4.18 Å². The number of aliphatic hydroxyl groups excluding tert-OH is 1. The summed E-state index contributed by atoms with van der Waals surface area (Å²) in [7, 11) is -4.09. The van der Waals surface area contributed by atoms with Gasteiger partial charge in [0.15, 0.2) is 0 Å². The Morgan fingerprint density at radius 3 is 2.84 bits per heavy atom. The van der Waals surface area contributed by atoms with E-state index in [4.69, 9.17) is 16.7 Å². The van der Waals surface area contributed by atoms with Gasteiger partial charge in [0.25, 0.3) is 0 Å². The molecule has 9 nitrogen and oxygen atoms in total. The Morgan fingerprint density at radius 1 is 1.34 bits per heavy atom. The molecular formula is C20H21ClFN5O4S. The Kier molecular flexibility index (Phi) is 6.19. The molecule has 0 saturated heterocycles. The molecule has 12 heteroatoms. The van der Waals surface area contributed by atoms with E-state index < -0.39 is 28.1 Å². The summed E-state index contributed by atoms with van der Waals surface area (Å²) < 4.78 is 42.3. The summed E-state index contributed by atoms with van der Waals surface area (Å²) in [5, 5.41) is 16.9. The van der Waals surface area contributed by atoms with Crippen LogP contribution in [0.15, 0.2) is 36.8 Å². The predicted octanol–water partition coefficient (Wildman–Crippen LogP) is 2.98. The Morgan fingerprint density at radius 2 is 2.12 bits per heavy atom. The summed E-state index contributed by atoms with van der Waals surface area (Å²) in [6, 6.07) is 6.47. The van der Waals surface area contributed by atoms with E-state index in [0.29, 0.717) is 34.4 Å². The second-order valence-electron chi connectivity index (χ2n) is 7.48. The van der Waals surface area contributed by atoms with Crippen molar-refractivity contribution < 1.29 is 22.1 Å². The van der Waals surface area contributed by atoms with Crippen LogP contribution in [0.2, 0.25) is 5.02 Å². The van der Waals surface area contributed by atoms with Crippen molar-refractivity contribution >= 4 is 43.8 Å². The molecule has 4 aromatic rings.